The van der Waals surface area contributed by atoms with Gasteiger partial charge >= 0.3 is 0 Å². The van der Waals surface area contributed by atoms with Crippen molar-refractivity contribution >= 4 is 15.9 Å². The smallest absolute Gasteiger partial charge is 0.120 e. The Morgan fingerprint density at radius 3 is 2.50 bits per heavy atom. The molecule has 1 aromatic rings. The number of ether oxygens (including phenoxy) is 1. The molecule has 1 aromatic carbocycles. The highest BCUT2D eigenvalue weighted by Gasteiger charge is 2.08. The Morgan fingerprint density at radius 2 is 2.00 bits per heavy atom. The van der Waals surface area contributed by atoms with E-state index in [4.69, 9.17) is 4.74 Å². The summed E-state index contributed by atoms with van der Waals surface area (Å²) in [7, 11) is 1.96. The topological polar surface area (TPSA) is 21.3 Å². The molecule has 0 radical (unpaired) electrons. The van der Waals surface area contributed by atoms with Gasteiger partial charge in [0, 0.05) is 10.5 Å². The molecule has 0 fully saturated rings. The third kappa shape index (κ3) is 3.80. The van der Waals surface area contributed by atoms with Gasteiger partial charge < -0.3 is 10.1 Å². The van der Waals surface area contributed by atoms with Crippen LogP contribution in [0.15, 0.2) is 22.7 Å². The lowest BCUT2D eigenvalue weighted by Crippen LogP contribution is -2.13. The zero-order valence-electron chi connectivity index (χ0n) is 10.4. The molecule has 3 heteroatoms. The maximum Gasteiger partial charge on any atom is 0.120 e. The van der Waals surface area contributed by atoms with Crippen molar-refractivity contribution in [2.24, 2.45) is 5.92 Å². The van der Waals surface area contributed by atoms with Gasteiger partial charge in [-0.25, -0.2) is 0 Å². The first-order valence-corrected chi connectivity index (χ1v) is 6.43. The lowest BCUT2D eigenvalue weighted by molar-refractivity contribution is 0.271. The summed E-state index contributed by atoms with van der Waals surface area (Å²) in [5.41, 5.74) is 1.25. The van der Waals surface area contributed by atoms with Gasteiger partial charge in [-0.1, -0.05) is 35.8 Å². The second kappa shape index (κ2) is 6.26. The zero-order chi connectivity index (χ0) is 12.1. The van der Waals surface area contributed by atoms with Crippen LogP contribution in [-0.4, -0.2) is 13.7 Å². The first-order chi connectivity index (χ1) is 7.54. The molecule has 0 amide bonds. The van der Waals surface area contributed by atoms with E-state index < -0.39 is 0 Å². The number of hydrogen-bond acceptors (Lipinski definition) is 2. The molecule has 2 nitrogen and oxygen atoms in total. The first kappa shape index (κ1) is 13.5. The zero-order valence-corrected chi connectivity index (χ0v) is 12.0. The van der Waals surface area contributed by atoms with Crippen molar-refractivity contribution in [1.82, 2.24) is 5.32 Å². The van der Waals surface area contributed by atoms with E-state index in [1.807, 2.05) is 19.2 Å². The van der Waals surface area contributed by atoms with Crippen LogP contribution in [0.25, 0.3) is 0 Å². The molecule has 90 valence electrons. The van der Waals surface area contributed by atoms with Crippen LogP contribution in [0.4, 0.5) is 0 Å². The largest absolute Gasteiger partial charge is 0.493 e. The van der Waals surface area contributed by atoms with Gasteiger partial charge in [0.1, 0.15) is 5.75 Å². The van der Waals surface area contributed by atoms with E-state index in [9.17, 15) is 0 Å². The van der Waals surface area contributed by atoms with Gasteiger partial charge in [-0.2, -0.15) is 0 Å². The summed E-state index contributed by atoms with van der Waals surface area (Å²) in [6.07, 6.45) is 0. The van der Waals surface area contributed by atoms with E-state index in [2.05, 4.69) is 48.1 Å². The Kier molecular flexibility index (Phi) is 5.29. The monoisotopic (exact) mass is 285 g/mol. The molecule has 0 heterocycles. The Balaban J connectivity index is 2.74. The molecule has 0 bridgehead atoms. The lowest BCUT2D eigenvalue weighted by Gasteiger charge is -2.15. The Morgan fingerprint density at radius 1 is 1.31 bits per heavy atom. The Labute approximate surface area is 107 Å². The van der Waals surface area contributed by atoms with Gasteiger partial charge in [-0.05, 0) is 37.6 Å². The van der Waals surface area contributed by atoms with Crippen LogP contribution in [0.5, 0.6) is 5.75 Å². The fourth-order valence-electron chi connectivity index (χ4n) is 1.37. The molecule has 0 saturated heterocycles. The van der Waals surface area contributed by atoms with Crippen molar-refractivity contribution in [3.63, 3.8) is 0 Å². The molecule has 0 saturated carbocycles. The standard InChI is InChI=1S/C13H20BrNO/c1-9(2)8-16-11-5-6-12(10(3)15-4)13(14)7-11/h5-7,9-10,15H,8H2,1-4H3. The fourth-order valence-corrected chi connectivity index (χ4v) is 2.07. The third-order valence-electron chi connectivity index (χ3n) is 2.45. The second-order valence-electron chi connectivity index (χ2n) is 4.40. The van der Waals surface area contributed by atoms with E-state index in [0.29, 0.717) is 12.0 Å². The van der Waals surface area contributed by atoms with E-state index in [1.165, 1.54) is 5.56 Å². The maximum absolute atomic E-state index is 5.67. The van der Waals surface area contributed by atoms with Crippen LogP contribution < -0.4 is 10.1 Å². The number of hydrogen-bond donors (Lipinski definition) is 1. The van der Waals surface area contributed by atoms with Gasteiger partial charge in [0.2, 0.25) is 0 Å². The predicted molar refractivity (Wildman–Crippen MR) is 71.9 cm³/mol. The van der Waals surface area contributed by atoms with Crippen molar-refractivity contribution in [3.05, 3.63) is 28.2 Å². The maximum atomic E-state index is 5.67. The number of halogens is 1. The summed E-state index contributed by atoms with van der Waals surface area (Å²) in [5, 5.41) is 3.22. The van der Waals surface area contributed by atoms with Crippen molar-refractivity contribution in [2.45, 2.75) is 26.8 Å². The average molecular weight is 286 g/mol. The molecule has 0 spiro atoms. The summed E-state index contributed by atoms with van der Waals surface area (Å²) in [6, 6.07) is 6.50. The summed E-state index contributed by atoms with van der Waals surface area (Å²) in [5.74, 6) is 1.47. The van der Waals surface area contributed by atoms with Crippen LogP contribution >= 0.6 is 15.9 Å². The second-order valence-corrected chi connectivity index (χ2v) is 5.25. The van der Waals surface area contributed by atoms with Crippen molar-refractivity contribution in [1.29, 1.82) is 0 Å². The average Bonchev–Trinajstić information content (AvgIpc) is 2.25. The van der Waals surface area contributed by atoms with E-state index in [1.54, 1.807) is 0 Å². The molecule has 0 aliphatic rings. The summed E-state index contributed by atoms with van der Waals surface area (Å²) in [4.78, 5) is 0. The number of rotatable bonds is 5. The van der Waals surface area contributed by atoms with Gasteiger partial charge in [-0.3, -0.25) is 0 Å². The lowest BCUT2D eigenvalue weighted by atomic mass is 10.1. The van der Waals surface area contributed by atoms with Crippen molar-refractivity contribution < 1.29 is 4.74 Å². The van der Waals surface area contributed by atoms with Gasteiger partial charge in [0.25, 0.3) is 0 Å². The molecule has 0 aliphatic carbocycles. The minimum atomic E-state index is 0.341. The van der Waals surface area contributed by atoms with Crippen LogP contribution in [0, 0.1) is 5.92 Å². The first-order valence-electron chi connectivity index (χ1n) is 5.64. The van der Waals surface area contributed by atoms with Crippen molar-refractivity contribution in [2.75, 3.05) is 13.7 Å². The van der Waals surface area contributed by atoms with Crippen LogP contribution in [0.2, 0.25) is 0 Å². The summed E-state index contributed by atoms with van der Waals surface area (Å²) >= 11 is 3.58. The van der Waals surface area contributed by atoms with Gasteiger partial charge in [0.15, 0.2) is 0 Å². The van der Waals surface area contributed by atoms with E-state index in [-0.39, 0.29) is 0 Å². The van der Waals surface area contributed by atoms with Crippen molar-refractivity contribution in [3.8, 4) is 5.75 Å². The molecule has 0 aromatic heterocycles. The summed E-state index contributed by atoms with van der Waals surface area (Å²) < 4.78 is 6.76. The molecule has 1 unspecified atom stereocenters. The Hall–Kier alpha value is -0.540. The quantitative estimate of drug-likeness (QED) is 0.889. The van der Waals surface area contributed by atoms with Gasteiger partial charge in [-0.15, -0.1) is 0 Å². The van der Waals surface area contributed by atoms with E-state index in [0.717, 1.165) is 16.8 Å². The SMILES string of the molecule is CNC(C)c1ccc(OCC(C)C)cc1Br. The van der Waals surface area contributed by atoms with Crippen LogP contribution in [0.1, 0.15) is 32.4 Å². The highest BCUT2D eigenvalue weighted by atomic mass is 79.9. The molecule has 0 aliphatic heterocycles. The van der Waals surface area contributed by atoms with E-state index >= 15 is 0 Å². The minimum Gasteiger partial charge on any atom is -0.493 e. The molecule has 1 atom stereocenters. The number of benzene rings is 1. The Bertz CT molecular complexity index is 339. The van der Waals surface area contributed by atoms with Gasteiger partial charge in [0.05, 0.1) is 6.61 Å². The van der Waals surface area contributed by atoms with Crippen LogP contribution in [0.3, 0.4) is 0 Å². The third-order valence-corrected chi connectivity index (χ3v) is 3.14. The molecular formula is C13H20BrNO. The normalized spacial score (nSPS) is 12.9. The molecular weight excluding hydrogens is 266 g/mol. The molecule has 1 rings (SSSR count). The van der Waals surface area contributed by atoms with Crippen LogP contribution in [-0.2, 0) is 0 Å². The number of nitrogens with one attached hydrogen (secondary N) is 1. The highest BCUT2D eigenvalue weighted by molar-refractivity contribution is 9.10. The summed E-state index contributed by atoms with van der Waals surface area (Å²) in [6.45, 7) is 7.18. The molecule has 16 heavy (non-hydrogen) atoms. The molecule has 1 N–H and O–H groups in total. The minimum absolute atomic E-state index is 0.341. The highest BCUT2D eigenvalue weighted by Crippen LogP contribution is 2.27. The fraction of sp³-hybridized carbons (Fsp3) is 0.538. The predicted octanol–water partition coefficient (Wildman–Crippen LogP) is 3.76.